The fraction of sp³-hybridized carbons (Fsp3) is 0.125. The number of carbonyl (C=O) groups is 2. The van der Waals surface area contributed by atoms with Gasteiger partial charge in [-0.05, 0) is 18.1 Å². The van der Waals surface area contributed by atoms with E-state index >= 15 is 0 Å². The molecule has 6 nitrogen and oxygen atoms in total. The largest absolute Gasteiger partial charge is 0.347 e. The number of benzene rings is 1. The first-order chi connectivity index (χ1) is 10.8. The second-order valence-corrected chi connectivity index (χ2v) is 4.48. The summed E-state index contributed by atoms with van der Waals surface area (Å²) in [7, 11) is 0. The molecule has 0 aliphatic heterocycles. The normalized spacial score (nSPS) is 10.4. The van der Waals surface area contributed by atoms with Crippen LogP contribution in [0.1, 0.15) is 11.1 Å². The van der Waals surface area contributed by atoms with Crippen molar-refractivity contribution in [3.63, 3.8) is 0 Å². The van der Waals surface area contributed by atoms with Gasteiger partial charge in [-0.15, -0.1) is 0 Å². The number of hydrogen-bond acceptors (Lipinski definition) is 4. The monoisotopic (exact) mass is 296 g/mol. The van der Waals surface area contributed by atoms with Gasteiger partial charge >= 0.3 is 11.8 Å². The molecule has 2 amide bonds. The quantitative estimate of drug-likeness (QED) is 0.488. The zero-order valence-corrected chi connectivity index (χ0v) is 11.9. The van der Waals surface area contributed by atoms with Crippen molar-refractivity contribution < 1.29 is 9.59 Å². The van der Waals surface area contributed by atoms with E-state index in [1.54, 1.807) is 24.5 Å². The minimum Gasteiger partial charge on any atom is -0.347 e. The maximum absolute atomic E-state index is 11.6. The lowest BCUT2D eigenvalue weighted by atomic mass is 10.1. The fourth-order valence-electron chi connectivity index (χ4n) is 1.71. The van der Waals surface area contributed by atoms with Gasteiger partial charge in [0, 0.05) is 24.5 Å². The molecule has 0 unspecified atom stereocenters. The summed E-state index contributed by atoms with van der Waals surface area (Å²) in [5.41, 5.74) is 3.99. The molecular formula is C16H16N4O2. The number of pyridine rings is 1. The fourth-order valence-corrected chi connectivity index (χ4v) is 1.71. The molecule has 0 saturated carbocycles. The molecule has 6 heteroatoms. The van der Waals surface area contributed by atoms with E-state index in [2.05, 4.69) is 20.8 Å². The lowest BCUT2D eigenvalue weighted by molar-refractivity contribution is -0.139. The predicted octanol–water partition coefficient (Wildman–Crippen LogP) is 0.891. The van der Waals surface area contributed by atoms with E-state index in [0.29, 0.717) is 13.0 Å². The molecule has 2 rings (SSSR count). The van der Waals surface area contributed by atoms with Gasteiger partial charge in [0.15, 0.2) is 0 Å². The molecule has 0 fully saturated rings. The van der Waals surface area contributed by atoms with Crippen molar-refractivity contribution in [2.75, 3.05) is 6.54 Å². The Hall–Kier alpha value is -3.02. The Kier molecular flexibility index (Phi) is 5.80. The van der Waals surface area contributed by atoms with E-state index in [4.69, 9.17) is 0 Å². The van der Waals surface area contributed by atoms with Crippen LogP contribution in [0.5, 0.6) is 0 Å². The Labute approximate surface area is 128 Å². The van der Waals surface area contributed by atoms with Crippen LogP contribution in [0, 0.1) is 0 Å². The van der Waals surface area contributed by atoms with Crippen molar-refractivity contribution in [3.8, 4) is 0 Å². The van der Waals surface area contributed by atoms with Gasteiger partial charge in [-0.2, -0.15) is 5.10 Å². The van der Waals surface area contributed by atoms with E-state index < -0.39 is 11.8 Å². The Morgan fingerprint density at radius 1 is 1.09 bits per heavy atom. The Morgan fingerprint density at radius 3 is 2.64 bits per heavy atom. The van der Waals surface area contributed by atoms with E-state index in [9.17, 15) is 9.59 Å². The molecule has 0 aliphatic rings. The second kappa shape index (κ2) is 8.31. The van der Waals surface area contributed by atoms with Gasteiger partial charge in [-0.25, -0.2) is 5.43 Å². The number of hydrazone groups is 1. The lowest BCUT2D eigenvalue weighted by Crippen LogP contribution is -2.38. The third kappa shape index (κ3) is 5.16. The summed E-state index contributed by atoms with van der Waals surface area (Å²) < 4.78 is 0. The topological polar surface area (TPSA) is 83.5 Å². The summed E-state index contributed by atoms with van der Waals surface area (Å²) in [6.45, 7) is 0.391. The van der Waals surface area contributed by atoms with Crippen LogP contribution in [0.2, 0.25) is 0 Å². The van der Waals surface area contributed by atoms with Gasteiger partial charge in [0.25, 0.3) is 0 Å². The van der Waals surface area contributed by atoms with E-state index in [1.807, 2.05) is 30.3 Å². The number of carbonyl (C=O) groups excluding carboxylic acids is 2. The highest BCUT2D eigenvalue weighted by Crippen LogP contribution is 1.97. The van der Waals surface area contributed by atoms with Gasteiger partial charge < -0.3 is 5.32 Å². The van der Waals surface area contributed by atoms with Crippen LogP contribution in [-0.2, 0) is 16.0 Å². The smallest absolute Gasteiger partial charge is 0.329 e. The molecule has 2 N–H and O–H groups in total. The second-order valence-electron chi connectivity index (χ2n) is 4.48. The van der Waals surface area contributed by atoms with Crippen LogP contribution < -0.4 is 10.7 Å². The van der Waals surface area contributed by atoms with Crippen molar-refractivity contribution in [1.82, 2.24) is 15.7 Å². The molecule has 0 saturated heterocycles. The highest BCUT2D eigenvalue weighted by atomic mass is 16.2. The number of nitrogens with zero attached hydrogens (tertiary/aromatic N) is 2. The Balaban J connectivity index is 1.71. The predicted molar refractivity (Wildman–Crippen MR) is 83.1 cm³/mol. The molecule has 0 radical (unpaired) electrons. The van der Waals surface area contributed by atoms with Crippen LogP contribution in [-0.4, -0.2) is 29.6 Å². The summed E-state index contributed by atoms with van der Waals surface area (Å²) in [5, 5.41) is 6.25. The van der Waals surface area contributed by atoms with E-state index in [0.717, 1.165) is 11.1 Å². The Morgan fingerprint density at radius 2 is 1.91 bits per heavy atom. The molecule has 2 aromatic rings. The zero-order chi connectivity index (χ0) is 15.6. The maximum atomic E-state index is 11.6. The highest BCUT2D eigenvalue weighted by molar-refractivity contribution is 6.35. The summed E-state index contributed by atoms with van der Waals surface area (Å²) in [5.74, 6) is -1.51. The molecule has 112 valence electrons. The lowest BCUT2D eigenvalue weighted by Gasteiger charge is -2.04. The van der Waals surface area contributed by atoms with Crippen molar-refractivity contribution in [2.24, 2.45) is 5.10 Å². The van der Waals surface area contributed by atoms with Crippen molar-refractivity contribution in [1.29, 1.82) is 0 Å². The van der Waals surface area contributed by atoms with Gasteiger partial charge in [0.2, 0.25) is 0 Å². The minimum atomic E-state index is -0.798. The van der Waals surface area contributed by atoms with Crippen LogP contribution in [0.4, 0.5) is 0 Å². The molecule has 0 atom stereocenters. The molecule has 1 aromatic carbocycles. The molecule has 0 aliphatic carbocycles. The summed E-state index contributed by atoms with van der Waals surface area (Å²) >= 11 is 0. The van der Waals surface area contributed by atoms with Crippen LogP contribution in [0.25, 0.3) is 0 Å². The number of aromatic nitrogens is 1. The van der Waals surface area contributed by atoms with E-state index in [-0.39, 0.29) is 0 Å². The van der Waals surface area contributed by atoms with Gasteiger partial charge in [0.05, 0.1) is 6.21 Å². The number of hydrogen-bond donors (Lipinski definition) is 2. The number of nitrogens with one attached hydrogen (secondary N) is 2. The number of amides is 2. The third-order valence-electron chi connectivity index (χ3n) is 2.81. The first kappa shape index (κ1) is 15.4. The standard InChI is InChI=1S/C16H16N4O2/c21-15(18-10-8-13-5-2-1-3-6-13)16(22)20-19-12-14-7-4-9-17-11-14/h1-7,9,11-12H,8,10H2,(H,18,21)(H,20,22)/b19-12-. The van der Waals surface area contributed by atoms with Gasteiger partial charge in [-0.3, -0.25) is 14.6 Å². The van der Waals surface area contributed by atoms with Crippen molar-refractivity contribution in [2.45, 2.75) is 6.42 Å². The van der Waals surface area contributed by atoms with Crippen LogP contribution >= 0.6 is 0 Å². The molecule has 22 heavy (non-hydrogen) atoms. The van der Waals surface area contributed by atoms with Crippen LogP contribution in [0.15, 0.2) is 60.0 Å². The molecule has 1 aromatic heterocycles. The third-order valence-corrected chi connectivity index (χ3v) is 2.81. The average molecular weight is 296 g/mol. The summed E-state index contributed by atoms with van der Waals surface area (Å²) in [4.78, 5) is 27.0. The highest BCUT2D eigenvalue weighted by Gasteiger charge is 2.11. The molecular weight excluding hydrogens is 280 g/mol. The van der Waals surface area contributed by atoms with Crippen LogP contribution in [0.3, 0.4) is 0 Å². The Bertz CT molecular complexity index is 642. The van der Waals surface area contributed by atoms with Crippen molar-refractivity contribution >= 4 is 18.0 Å². The molecule has 0 bridgehead atoms. The average Bonchev–Trinajstić information content (AvgIpc) is 2.56. The van der Waals surface area contributed by atoms with Crippen molar-refractivity contribution in [3.05, 3.63) is 66.0 Å². The molecule has 0 spiro atoms. The van der Waals surface area contributed by atoms with Gasteiger partial charge in [0.1, 0.15) is 0 Å². The van der Waals surface area contributed by atoms with E-state index in [1.165, 1.54) is 6.21 Å². The SMILES string of the molecule is O=C(NCCc1ccccc1)C(=O)N/N=C\c1cccnc1. The minimum absolute atomic E-state index is 0.391. The summed E-state index contributed by atoms with van der Waals surface area (Å²) in [6.07, 6.45) is 5.31. The zero-order valence-electron chi connectivity index (χ0n) is 11.9. The maximum Gasteiger partial charge on any atom is 0.329 e. The number of rotatable bonds is 5. The van der Waals surface area contributed by atoms with Gasteiger partial charge in [-0.1, -0.05) is 36.4 Å². The first-order valence-corrected chi connectivity index (χ1v) is 6.81. The summed E-state index contributed by atoms with van der Waals surface area (Å²) in [6, 6.07) is 13.2. The first-order valence-electron chi connectivity index (χ1n) is 6.81. The molecule has 1 heterocycles.